The van der Waals surface area contributed by atoms with Crippen LogP contribution in [0.3, 0.4) is 0 Å². The van der Waals surface area contributed by atoms with E-state index in [0.29, 0.717) is 11.5 Å². The summed E-state index contributed by atoms with van der Waals surface area (Å²) >= 11 is 0. The fraction of sp³-hybridized carbons (Fsp3) is 0.273. The number of anilines is 1. The van der Waals surface area contributed by atoms with Crippen molar-refractivity contribution in [1.29, 1.82) is 5.26 Å². The minimum atomic E-state index is -4.67. The van der Waals surface area contributed by atoms with E-state index in [1.54, 1.807) is 18.2 Å². The van der Waals surface area contributed by atoms with E-state index < -0.39 is 6.36 Å². The molecule has 1 aliphatic rings. The van der Waals surface area contributed by atoms with Crippen LogP contribution in [-0.2, 0) is 0 Å². The van der Waals surface area contributed by atoms with Crippen LogP contribution in [0.4, 0.5) is 19.0 Å². The summed E-state index contributed by atoms with van der Waals surface area (Å²) in [4.78, 5) is 6.93. The number of hydrogen-bond acceptors (Lipinski definition) is 4. The molecule has 0 radical (unpaired) electrons. The Morgan fingerprint density at radius 1 is 1.00 bits per heavy atom. The van der Waals surface area contributed by atoms with Crippen LogP contribution in [0.1, 0.15) is 29.9 Å². The third kappa shape index (κ3) is 4.43. The summed E-state index contributed by atoms with van der Waals surface area (Å²) in [6, 6.07) is 17.7. The van der Waals surface area contributed by atoms with Gasteiger partial charge in [0.25, 0.3) is 0 Å². The van der Waals surface area contributed by atoms with E-state index in [2.05, 4.69) is 15.7 Å². The molecule has 0 bridgehead atoms. The van der Waals surface area contributed by atoms with Gasteiger partial charge >= 0.3 is 6.36 Å². The van der Waals surface area contributed by atoms with Crippen molar-refractivity contribution in [3.63, 3.8) is 0 Å². The van der Waals surface area contributed by atoms with Gasteiger partial charge in [0.05, 0.1) is 17.1 Å². The molecule has 1 aliphatic heterocycles. The maximum absolute atomic E-state index is 12.3. The molecule has 0 unspecified atom stereocenters. The average molecular weight is 397 g/mol. The Morgan fingerprint density at radius 2 is 1.72 bits per heavy atom. The summed E-state index contributed by atoms with van der Waals surface area (Å²) < 4.78 is 40.8. The molecule has 3 aromatic rings. The molecule has 2 aromatic carbocycles. The fourth-order valence-corrected chi connectivity index (χ4v) is 3.74. The number of hydrogen-bond donors (Lipinski definition) is 0. The van der Waals surface area contributed by atoms with Crippen LogP contribution in [-0.4, -0.2) is 24.4 Å². The number of pyridine rings is 1. The summed E-state index contributed by atoms with van der Waals surface area (Å²) in [6.45, 7) is 1.64. The van der Waals surface area contributed by atoms with Crippen LogP contribution in [0.2, 0.25) is 0 Å². The molecule has 0 N–H and O–H groups in total. The third-order valence-corrected chi connectivity index (χ3v) is 5.21. The number of ether oxygens (including phenoxy) is 1. The molecule has 1 saturated heterocycles. The Hall–Kier alpha value is -3.27. The summed E-state index contributed by atoms with van der Waals surface area (Å²) in [5.41, 5.74) is 2.48. The number of rotatable bonds is 3. The molecule has 4 nitrogen and oxygen atoms in total. The number of alkyl halides is 3. The molecule has 7 heteroatoms. The lowest BCUT2D eigenvalue weighted by molar-refractivity contribution is -0.274. The lowest BCUT2D eigenvalue weighted by atomic mass is 9.89. The van der Waals surface area contributed by atoms with E-state index in [0.717, 1.165) is 48.2 Å². The third-order valence-electron chi connectivity index (χ3n) is 5.21. The molecular formula is C22H18F3N3O. The standard InChI is InChI=1S/C22H18F3N3O/c23-22(24,25)29-19-5-2-16(3-6-19)17-9-11-28(12-10-17)21-8-4-18-13-15(14-26)1-7-20(18)27-21/h1-8,13,17H,9-12H2. The number of halogens is 3. The molecule has 1 fully saturated rings. The van der Waals surface area contributed by atoms with Crippen molar-refractivity contribution in [2.24, 2.45) is 0 Å². The SMILES string of the molecule is N#Cc1ccc2nc(N3CCC(c4ccc(OC(F)(F)F)cc4)CC3)ccc2c1. The predicted octanol–water partition coefficient (Wildman–Crippen LogP) is 5.39. The fourth-order valence-electron chi connectivity index (χ4n) is 3.74. The van der Waals surface area contributed by atoms with Crippen LogP contribution in [0.5, 0.6) is 5.75 Å². The van der Waals surface area contributed by atoms with Gasteiger partial charge in [-0.05, 0) is 66.8 Å². The normalized spacial score (nSPS) is 15.3. The van der Waals surface area contributed by atoms with Gasteiger partial charge in [0, 0.05) is 18.5 Å². The van der Waals surface area contributed by atoms with Crippen molar-refractivity contribution >= 4 is 16.7 Å². The monoisotopic (exact) mass is 397 g/mol. The van der Waals surface area contributed by atoms with Gasteiger partial charge in [-0.3, -0.25) is 0 Å². The Bertz CT molecular complexity index is 1050. The second kappa shape index (κ2) is 7.63. The summed E-state index contributed by atoms with van der Waals surface area (Å²) in [5, 5.41) is 9.94. The number of nitrogens with zero attached hydrogens (tertiary/aromatic N) is 3. The number of piperidine rings is 1. The molecular weight excluding hydrogens is 379 g/mol. The van der Waals surface area contributed by atoms with Gasteiger partial charge in [-0.1, -0.05) is 12.1 Å². The molecule has 148 valence electrons. The molecule has 1 aromatic heterocycles. The van der Waals surface area contributed by atoms with Crippen molar-refractivity contribution in [3.8, 4) is 11.8 Å². The zero-order valence-electron chi connectivity index (χ0n) is 15.5. The first-order valence-corrected chi connectivity index (χ1v) is 9.33. The van der Waals surface area contributed by atoms with Crippen molar-refractivity contribution in [2.75, 3.05) is 18.0 Å². The van der Waals surface area contributed by atoms with E-state index in [-0.39, 0.29) is 5.75 Å². The average Bonchev–Trinajstić information content (AvgIpc) is 2.72. The van der Waals surface area contributed by atoms with Crippen LogP contribution in [0.25, 0.3) is 10.9 Å². The van der Waals surface area contributed by atoms with E-state index in [9.17, 15) is 13.2 Å². The molecule has 2 heterocycles. The van der Waals surface area contributed by atoms with Gasteiger partial charge in [0.15, 0.2) is 0 Å². The zero-order chi connectivity index (χ0) is 20.4. The van der Waals surface area contributed by atoms with E-state index in [4.69, 9.17) is 10.2 Å². The summed E-state index contributed by atoms with van der Waals surface area (Å²) in [7, 11) is 0. The summed E-state index contributed by atoms with van der Waals surface area (Å²) in [5.74, 6) is 0.998. The Kier molecular flexibility index (Phi) is 5.01. The highest BCUT2D eigenvalue weighted by Gasteiger charge is 2.31. The number of nitriles is 1. The predicted molar refractivity (Wildman–Crippen MR) is 104 cm³/mol. The van der Waals surface area contributed by atoms with Crippen LogP contribution >= 0.6 is 0 Å². The number of aromatic nitrogens is 1. The van der Waals surface area contributed by atoms with E-state index in [1.165, 1.54) is 12.1 Å². The van der Waals surface area contributed by atoms with E-state index >= 15 is 0 Å². The topological polar surface area (TPSA) is 49.2 Å². The first-order valence-electron chi connectivity index (χ1n) is 9.33. The van der Waals surface area contributed by atoms with Crippen molar-refractivity contribution in [1.82, 2.24) is 4.98 Å². The van der Waals surface area contributed by atoms with Crippen LogP contribution in [0, 0.1) is 11.3 Å². The second-order valence-electron chi connectivity index (χ2n) is 7.07. The van der Waals surface area contributed by atoms with Crippen LogP contribution in [0.15, 0.2) is 54.6 Å². The van der Waals surface area contributed by atoms with Crippen LogP contribution < -0.4 is 9.64 Å². The maximum atomic E-state index is 12.3. The van der Waals surface area contributed by atoms with Gasteiger partial charge in [-0.2, -0.15) is 5.26 Å². The highest BCUT2D eigenvalue weighted by Crippen LogP contribution is 2.32. The molecule has 0 amide bonds. The Morgan fingerprint density at radius 3 is 2.38 bits per heavy atom. The smallest absolute Gasteiger partial charge is 0.406 e. The molecule has 4 rings (SSSR count). The van der Waals surface area contributed by atoms with E-state index in [1.807, 2.05) is 24.3 Å². The Labute approximate surface area is 166 Å². The van der Waals surface area contributed by atoms with Crippen molar-refractivity contribution in [2.45, 2.75) is 25.1 Å². The second-order valence-corrected chi connectivity index (χ2v) is 7.07. The molecule has 29 heavy (non-hydrogen) atoms. The minimum Gasteiger partial charge on any atom is -0.406 e. The lowest BCUT2D eigenvalue weighted by Gasteiger charge is -2.33. The summed E-state index contributed by atoms with van der Waals surface area (Å²) in [6.07, 6.45) is -2.88. The van der Waals surface area contributed by atoms with Gasteiger partial charge in [-0.15, -0.1) is 13.2 Å². The van der Waals surface area contributed by atoms with Gasteiger partial charge < -0.3 is 9.64 Å². The number of benzene rings is 2. The van der Waals surface area contributed by atoms with Gasteiger partial charge in [0.2, 0.25) is 0 Å². The first-order chi connectivity index (χ1) is 13.9. The zero-order valence-corrected chi connectivity index (χ0v) is 15.5. The highest BCUT2D eigenvalue weighted by atomic mass is 19.4. The molecule has 0 saturated carbocycles. The Balaban J connectivity index is 1.41. The maximum Gasteiger partial charge on any atom is 0.573 e. The minimum absolute atomic E-state index is 0.196. The molecule has 0 spiro atoms. The van der Waals surface area contributed by atoms with Gasteiger partial charge in [0.1, 0.15) is 11.6 Å². The molecule has 0 atom stereocenters. The largest absolute Gasteiger partial charge is 0.573 e. The quantitative estimate of drug-likeness (QED) is 0.595. The van der Waals surface area contributed by atoms with Crippen molar-refractivity contribution < 1.29 is 17.9 Å². The lowest BCUT2D eigenvalue weighted by Crippen LogP contribution is -2.33. The highest BCUT2D eigenvalue weighted by molar-refractivity contribution is 5.81. The van der Waals surface area contributed by atoms with Gasteiger partial charge in [-0.25, -0.2) is 4.98 Å². The molecule has 0 aliphatic carbocycles. The number of fused-ring (bicyclic) bond motifs is 1. The first kappa shape index (κ1) is 19.1. The van der Waals surface area contributed by atoms with Crippen molar-refractivity contribution in [3.05, 3.63) is 65.7 Å².